The number of carbonyl (C=O) groups is 2. The fraction of sp³-hybridized carbons (Fsp3) is 0. The topological polar surface area (TPSA) is 70.6 Å². The number of halogens is 2. The van der Waals surface area contributed by atoms with Crippen LogP contribution in [0.3, 0.4) is 0 Å². The van der Waals surface area contributed by atoms with Gasteiger partial charge >= 0.3 is 0 Å². The van der Waals surface area contributed by atoms with Crippen molar-refractivity contribution in [3.05, 3.63) is 100 Å². The number of carbonyl (C=O) groups excluding carboxylic acids is 2. The lowest BCUT2D eigenvalue weighted by Gasteiger charge is -2.07. The number of nitrogens with zero attached hydrogens (tertiary/aromatic N) is 1. The Kier molecular flexibility index (Phi) is 6.14. The molecule has 0 aliphatic rings. The predicted octanol–water partition coefficient (Wildman–Crippen LogP) is 4.50. The fourth-order valence-electron chi connectivity index (χ4n) is 2.35. The molecule has 0 spiro atoms. The molecule has 3 aromatic rings. The van der Waals surface area contributed by atoms with Crippen molar-refractivity contribution >= 4 is 35.3 Å². The summed E-state index contributed by atoms with van der Waals surface area (Å²) < 4.78 is 12.9. The van der Waals surface area contributed by atoms with Crippen LogP contribution < -0.4 is 10.7 Å². The summed E-state index contributed by atoms with van der Waals surface area (Å²) in [5, 5.41) is 7.02. The minimum absolute atomic E-state index is 0.320. The molecule has 3 rings (SSSR count). The van der Waals surface area contributed by atoms with Gasteiger partial charge in [-0.25, -0.2) is 9.82 Å². The second-order valence-corrected chi connectivity index (χ2v) is 6.23. The van der Waals surface area contributed by atoms with E-state index in [0.717, 1.165) is 0 Å². The first-order valence-electron chi connectivity index (χ1n) is 8.27. The lowest BCUT2D eigenvalue weighted by molar-refractivity contribution is 0.0953. The molecule has 7 heteroatoms. The molecule has 140 valence electrons. The maximum absolute atomic E-state index is 12.9. The maximum atomic E-state index is 12.9. The van der Waals surface area contributed by atoms with Crippen LogP contribution in [0.4, 0.5) is 10.1 Å². The minimum atomic E-state index is -0.447. The van der Waals surface area contributed by atoms with Gasteiger partial charge in [0.15, 0.2) is 0 Å². The molecule has 0 bridgehead atoms. The first kappa shape index (κ1) is 19.3. The van der Waals surface area contributed by atoms with Gasteiger partial charge in [-0.05, 0) is 54.1 Å². The molecule has 28 heavy (non-hydrogen) atoms. The average Bonchev–Trinajstić information content (AvgIpc) is 2.69. The van der Waals surface area contributed by atoms with Crippen molar-refractivity contribution in [2.45, 2.75) is 0 Å². The van der Waals surface area contributed by atoms with E-state index < -0.39 is 5.91 Å². The molecule has 3 aromatic carbocycles. The average molecular weight is 396 g/mol. The Morgan fingerprint density at radius 1 is 0.893 bits per heavy atom. The second kappa shape index (κ2) is 8.92. The maximum Gasteiger partial charge on any atom is 0.271 e. The highest BCUT2D eigenvalue weighted by molar-refractivity contribution is 6.31. The van der Waals surface area contributed by atoms with Gasteiger partial charge in [-0.1, -0.05) is 35.9 Å². The zero-order valence-electron chi connectivity index (χ0n) is 14.5. The highest BCUT2D eigenvalue weighted by Crippen LogP contribution is 2.15. The van der Waals surface area contributed by atoms with Crippen LogP contribution in [-0.4, -0.2) is 18.0 Å². The smallest absolute Gasteiger partial charge is 0.271 e. The van der Waals surface area contributed by atoms with Crippen LogP contribution in [0.5, 0.6) is 0 Å². The largest absolute Gasteiger partial charge is 0.322 e. The molecule has 0 radical (unpaired) electrons. The lowest BCUT2D eigenvalue weighted by Crippen LogP contribution is -2.18. The van der Waals surface area contributed by atoms with Crippen molar-refractivity contribution < 1.29 is 14.0 Å². The summed E-state index contributed by atoms with van der Waals surface area (Å²) in [6.45, 7) is 0. The van der Waals surface area contributed by atoms with E-state index in [-0.39, 0.29) is 11.7 Å². The van der Waals surface area contributed by atoms with E-state index in [1.807, 2.05) is 0 Å². The molecule has 0 unspecified atom stereocenters. The van der Waals surface area contributed by atoms with Crippen LogP contribution >= 0.6 is 11.6 Å². The van der Waals surface area contributed by atoms with Gasteiger partial charge in [0.25, 0.3) is 11.8 Å². The Morgan fingerprint density at radius 2 is 1.57 bits per heavy atom. The van der Waals surface area contributed by atoms with E-state index in [1.54, 1.807) is 42.5 Å². The third kappa shape index (κ3) is 5.25. The molecule has 0 saturated carbocycles. The van der Waals surface area contributed by atoms with E-state index in [0.29, 0.717) is 27.4 Å². The number of hydrogen-bond donors (Lipinski definition) is 2. The highest BCUT2D eigenvalue weighted by Gasteiger charge is 2.09. The quantitative estimate of drug-likeness (QED) is 0.493. The molecule has 0 aliphatic carbocycles. The van der Waals surface area contributed by atoms with Crippen molar-refractivity contribution in [2.24, 2.45) is 5.10 Å². The first-order chi connectivity index (χ1) is 13.5. The molecule has 0 saturated heterocycles. The number of rotatable bonds is 5. The van der Waals surface area contributed by atoms with Crippen molar-refractivity contribution in [1.29, 1.82) is 0 Å². The van der Waals surface area contributed by atoms with E-state index in [2.05, 4.69) is 15.8 Å². The molecular weight excluding hydrogens is 381 g/mol. The third-order valence-electron chi connectivity index (χ3n) is 3.72. The highest BCUT2D eigenvalue weighted by atomic mass is 35.5. The van der Waals surface area contributed by atoms with Crippen molar-refractivity contribution in [3.63, 3.8) is 0 Å². The van der Waals surface area contributed by atoms with Crippen LogP contribution in [0.15, 0.2) is 77.9 Å². The summed E-state index contributed by atoms with van der Waals surface area (Å²) in [5.74, 6) is -1.13. The summed E-state index contributed by atoms with van der Waals surface area (Å²) in [6.07, 6.45) is 1.40. The number of nitrogens with one attached hydrogen (secondary N) is 2. The van der Waals surface area contributed by atoms with Gasteiger partial charge in [0.05, 0.1) is 6.21 Å². The summed E-state index contributed by atoms with van der Waals surface area (Å²) in [7, 11) is 0. The first-order valence-corrected chi connectivity index (χ1v) is 8.65. The molecule has 0 atom stereocenters. The van der Waals surface area contributed by atoms with Crippen molar-refractivity contribution in [3.8, 4) is 0 Å². The Morgan fingerprint density at radius 3 is 2.29 bits per heavy atom. The number of hydrazone groups is 1. The van der Waals surface area contributed by atoms with Gasteiger partial charge in [0, 0.05) is 21.8 Å². The van der Waals surface area contributed by atoms with Crippen LogP contribution in [0.25, 0.3) is 0 Å². The minimum Gasteiger partial charge on any atom is -0.322 e. The number of hydrogen-bond acceptors (Lipinski definition) is 3. The van der Waals surface area contributed by atoms with Crippen LogP contribution in [-0.2, 0) is 0 Å². The molecule has 5 nitrogen and oxygen atoms in total. The summed E-state index contributed by atoms with van der Waals surface area (Å²) in [6, 6.07) is 18.7. The monoisotopic (exact) mass is 395 g/mol. The van der Waals surface area contributed by atoms with Gasteiger partial charge in [-0.3, -0.25) is 9.59 Å². The number of anilines is 1. The second-order valence-electron chi connectivity index (χ2n) is 5.80. The van der Waals surface area contributed by atoms with Gasteiger partial charge < -0.3 is 5.32 Å². The lowest BCUT2D eigenvalue weighted by atomic mass is 10.1. The Balaban J connectivity index is 1.64. The Bertz CT molecular complexity index is 1040. The van der Waals surface area contributed by atoms with Crippen molar-refractivity contribution in [1.82, 2.24) is 5.43 Å². The van der Waals surface area contributed by atoms with Crippen LogP contribution in [0, 0.1) is 5.82 Å². The van der Waals surface area contributed by atoms with Crippen LogP contribution in [0.1, 0.15) is 26.3 Å². The van der Waals surface area contributed by atoms with E-state index >= 15 is 0 Å². The zero-order valence-corrected chi connectivity index (χ0v) is 15.3. The molecule has 0 aromatic heterocycles. The van der Waals surface area contributed by atoms with Gasteiger partial charge in [-0.15, -0.1) is 0 Å². The molecule has 0 fully saturated rings. The standard InChI is InChI=1S/C21H15ClFN3O2/c22-17-5-1-3-15(11-17)20(27)25-19-6-2-4-16(12-19)21(28)26-24-13-14-7-9-18(23)10-8-14/h1-13H,(H,25,27)(H,26,28)/b24-13+. The van der Waals surface area contributed by atoms with Crippen molar-refractivity contribution in [2.75, 3.05) is 5.32 Å². The zero-order chi connectivity index (χ0) is 19.9. The normalized spacial score (nSPS) is 10.6. The number of amides is 2. The Labute approximate surface area is 165 Å². The van der Waals surface area contributed by atoms with Gasteiger partial charge in [0.2, 0.25) is 0 Å². The summed E-state index contributed by atoms with van der Waals surface area (Å²) >= 11 is 5.89. The Hall–Kier alpha value is -3.51. The summed E-state index contributed by atoms with van der Waals surface area (Å²) in [4.78, 5) is 24.5. The fourth-order valence-corrected chi connectivity index (χ4v) is 2.54. The van der Waals surface area contributed by atoms with Crippen LogP contribution in [0.2, 0.25) is 5.02 Å². The SMILES string of the molecule is O=C(N/N=C/c1ccc(F)cc1)c1cccc(NC(=O)c2cccc(Cl)c2)c1. The van der Waals surface area contributed by atoms with E-state index in [4.69, 9.17) is 11.6 Å². The summed E-state index contributed by atoms with van der Waals surface area (Å²) in [5.41, 5.74) is 4.22. The molecule has 2 amide bonds. The third-order valence-corrected chi connectivity index (χ3v) is 3.95. The predicted molar refractivity (Wildman–Crippen MR) is 107 cm³/mol. The molecule has 0 heterocycles. The van der Waals surface area contributed by atoms with Gasteiger partial charge in [-0.2, -0.15) is 5.10 Å². The molecular formula is C21H15ClFN3O2. The molecule has 2 N–H and O–H groups in total. The number of benzene rings is 3. The van der Waals surface area contributed by atoms with E-state index in [9.17, 15) is 14.0 Å². The molecule has 0 aliphatic heterocycles. The van der Waals surface area contributed by atoms with E-state index in [1.165, 1.54) is 36.5 Å². The van der Waals surface area contributed by atoms with Gasteiger partial charge in [0.1, 0.15) is 5.82 Å².